The van der Waals surface area contributed by atoms with Gasteiger partial charge in [-0.1, -0.05) is 33.6 Å². The minimum Gasteiger partial charge on any atom is -0.383 e. The maximum absolute atomic E-state index is 5.24. The Morgan fingerprint density at radius 2 is 2.00 bits per heavy atom. The van der Waals surface area contributed by atoms with Gasteiger partial charge < -0.3 is 15.0 Å². The van der Waals surface area contributed by atoms with Crippen LogP contribution in [0.5, 0.6) is 0 Å². The summed E-state index contributed by atoms with van der Waals surface area (Å²) in [6.07, 6.45) is 6.95. The lowest BCUT2D eigenvalue weighted by Gasteiger charge is -2.39. The molecule has 1 saturated carbocycles. The van der Waals surface area contributed by atoms with Crippen LogP contribution in [-0.4, -0.2) is 50.8 Å². The Balaban J connectivity index is 2.53. The van der Waals surface area contributed by atoms with Crippen LogP contribution in [0.2, 0.25) is 0 Å². The van der Waals surface area contributed by atoms with Crippen LogP contribution in [0, 0.1) is 11.8 Å². The highest BCUT2D eigenvalue weighted by Gasteiger charge is 2.30. The molecule has 0 aliphatic heterocycles. The number of hydrogen-bond acceptors (Lipinski definition) is 3. The van der Waals surface area contributed by atoms with Crippen LogP contribution >= 0.6 is 0 Å². The molecule has 3 atom stereocenters. The van der Waals surface area contributed by atoms with Crippen molar-refractivity contribution in [3.63, 3.8) is 0 Å². The van der Waals surface area contributed by atoms with Crippen molar-refractivity contribution in [2.45, 2.75) is 58.9 Å². The highest BCUT2D eigenvalue weighted by atomic mass is 16.5. The first-order chi connectivity index (χ1) is 9.74. The van der Waals surface area contributed by atoms with Gasteiger partial charge in [0, 0.05) is 26.2 Å². The van der Waals surface area contributed by atoms with E-state index in [9.17, 15) is 0 Å². The number of likely N-dealkylation sites (N-methyl/N-ethyl adjacent to an activating group) is 1. The van der Waals surface area contributed by atoms with Gasteiger partial charge in [0.05, 0.1) is 6.61 Å². The van der Waals surface area contributed by atoms with Crippen molar-refractivity contribution in [1.29, 1.82) is 0 Å². The fourth-order valence-electron chi connectivity index (χ4n) is 3.69. The Kier molecular flexibility index (Phi) is 9.49. The molecule has 0 aromatic carbocycles. The molecule has 3 heteroatoms. The first-order valence-corrected chi connectivity index (χ1v) is 8.69. The van der Waals surface area contributed by atoms with Crippen molar-refractivity contribution in [1.82, 2.24) is 10.2 Å². The molecule has 0 heterocycles. The van der Waals surface area contributed by atoms with E-state index in [-0.39, 0.29) is 0 Å². The molecule has 0 spiro atoms. The van der Waals surface area contributed by atoms with Gasteiger partial charge in [0.2, 0.25) is 0 Å². The molecule has 0 amide bonds. The predicted octanol–water partition coefficient (Wildman–Crippen LogP) is 3.15. The predicted molar refractivity (Wildman–Crippen MR) is 87.2 cm³/mol. The van der Waals surface area contributed by atoms with Crippen LogP contribution < -0.4 is 5.32 Å². The fraction of sp³-hybridized carbons (Fsp3) is 1.00. The summed E-state index contributed by atoms with van der Waals surface area (Å²) in [6, 6.07) is 0.727. The van der Waals surface area contributed by atoms with Gasteiger partial charge in [0.1, 0.15) is 0 Å². The van der Waals surface area contributed by atoms with E-state index in [1.165, 1.54) is 38.6 Å². The Hall–Kier alpha value is -0.120. The van der Waals surface area contributed by atoms with E-state index < -0.39 is 0 Å². The Labute approximate surface area is 126 Å². The molecule has 0 radical (unpaired) electrons. The van der Waals surface area contributed by atoms with E-state index >= 15 is 0 Å². The summed E-state index contributed by atoms with van der Waals surface area (Å²) < 4.78 is 5.24. The molecule has 0 saturated heterocycles. The number of hydrogen-bond donors (Lipinski definition) is 1. The molecule has 1 aliphatic rings. The molecule has 3 nitrogen and oxygen atoms in total. The maximum Gasteiger partial charge on any atom is 0.0589 e. The van der Waals surface area contributed by atoms with E-state index in [1.807, 2.05) is 0 Å². The number of nitrogens with zero attached hydrogens (tertiary/aromatic N) is 1. The van der Waals surface area contributed by atoms with Crippen LogP contribution in [0.4, 0.5) is 0 Å². The van der Waals surface area contributed by atoms with Crippen molar-refractivity contribution in [3.05, 3.63) is 0 Å². The molecule has 1 fully saturated rings. The molecular formula is C17H36N2O. The largest absolute Gasteiger partial charge is 0.383 e. The van der Waals surface area contributed by atoms with Crippen molar-refractivity contribution in [2.75, 3.05) is 39.9 Å². The van der Waals surface area contributed by atoms with Crippen LogP contribution in [-0.2, 0) is 4.74 Å². The molecule has 20 heavy (non-hydrogen) atoms. The summed E-state index contributed by atoms with van der Waals surface area (Å²) in [4.78, 5) is 2.56. The van der Waals surface area contributed by atoms with Gasteiger partial charge in [-0.3, -0.25) is 0 Å². The molecule has 1 rings (SSSR count). The molecule has 120 valence electrons. The van der Waals surface area contributed by atoms with E-state index in [4.69, 9.17) is 4.74 Å². The zero-order chi connectivity index (χ0) is 14.8. The molecule has 0 aromatic heterocycles. The topological polar surface area (TPSA) is 24.5 Å². The average molecular weight is 284 g/mol. The van der Waals surface area contributed by atoms with Gasteiger partial charge in [-0.2, -0.15) is 0 Å². The third-order valence-electron chi connectivity index (χ3n) is 4.81. The van der Waals surface area contributed by atoms with E-state index in [1.54, 1.807) is 7.11 Å². The average Bonchev–Trinajstić information content (AvgIpc) is 2.46. The monoisotopic (exact) mass is 284 g/mol. The lowest BCUT2D eigenvalue weighted by atomic mass is 9.76. The highest BCUT2D eigenvalue weighted by molar-refractivity contribution is 4.86. The summed E-state index contributed by atoms with van der Waals surface area (Å²) in [6.45, 7) is 12.2. The quantitative estimate of drug-likeness (QED) is 0.667. The first-order valence-electron chi connectivity index (χ1n) is 8.69. The number of rotatable bonds is 10. The summed E-state index contributed by atoms with van der Waals surface area (Å²) >= 11 is 0. The van der Waals surface area contributed by atoms with E-state index in [0.29, 0.717) is 0 Å². The standard InChI is InChI=1S/C17H36N2O/c1-5-8-15-9-10-17(18-6-2)16(13-15)14-19(7-3)11-12-20-4/h15-18H,5-14H2,1-4H3. The SMILES string of the molecule is CCCC1CCC(NCC)C(CN(CC)CCOC)C1. The van der Waals surface area contributed by atoms with Crippen molar-refractivity contribution >= 4 is 0 Å². The Morgan fingerprint density at radius 3 is 2.60 bits per heavy atom. The second-order valence-electron chi connectivity index (χ2n) is 6.28. The molecule has 3 unspecified atom stereocenters. The second-order valence-corrected chi connectivity index (χ2v) is 6.28. The van der Waals surface area contributed by atoms with Gasteiger partial charge in [-0.15, -0.1) is 0 Å². The minimum atomic E-state index is 0.727. The van der Waals surface area contributed by atoms with Gasteiger partial charge in [0.25, 0.3) is 0 Å². The lowest BCUT2D eigenvalue weighted by molar-refractivity contribution is 0.108. The molecule has 0 aromatic rings. The molecule has 1 N–H and O–H groups in total. The number of methoxy groups -OCH3 is 1. The van der Waals surface area contributed by atoms with Gasteiger partial charge in [-0.05, 0) is 44.2 Å². The van der Waals surface area contributed by atoms with Gasteiger partial charge in [-0.25, -0.2) is 0 Å². The highest BCUT2D eigenvalue weighted by Crippen LogP contribution is 2.32. The minimum absolute atomic E-state index is 0.727. The fourth-order valence-corrected chi connectivity index (χ4v) is 3.69. The van der Waals surface area contributed by atoms with Crippen LogP contribution in [0.1, 0.15) is 52.9 Å². The summed E-state index contributed by atoms with van der Waals surface area (Å²) in [5.74, 6) is 1.78. The molecular weight excluding hydrogens is 248 g/mol. The second kappa shape index (κ2) is 10.6. The Morgan fingerprint density at radius 1 is 1.20 bits per heavy atom. The summed E-state index contributed by atoms with van der Waals surface area (Å²) in [5, 5.41) is 3.72. The summed E-state index contributed by atoms with van der Waals surface area (Å²) in [7, 11) is 1.80. The Bertz CT molecular complexity index is 235. The van der Waals surface area contributed by atoms with E-state index in [0.717, 1.165) is 44.1 Å². The van der Waals surface area contributed by atoms with Crippen molar-refractivity contribution in [2.24, 2.45) is 11.8 Å². The van der Waals surface area contributed by atoms with Gasteiger partial charge in [0.15, 0.2) is 0 Å². The van der Waals surface area contributed by atoms with Gasteiger partial charge >= 0.3 is 0 Å². The van der Waals surface area contributed by atoms with Crippen LogP contribution in [0.3, 0.4) is 0 Å². The smallest absolute Gasteiger partial charge is 0.0589 e. The van der Waals surface area contributed by atoms with Crippen molar-refractivity contribution < 1.29 is 4.74 Å². The van der Waals surface area contributed by atoms with Crippen LogP contribution in [0.15, 0.2) is 0 Å². The third-order valence-corrected chi connectivity index (χ3v) is 4.81. The normalized spacial score (nSPS) is 27.1. The number of ether oxygens (including phenoxy) is 1. The zero-order valence-corrected chi connectivity index (χ0v) is 14.2. The van der Waals surface area contributed by atoms with Crippen LogP contribution in [0.25, 0.3) is 0 Å². The number of nitrogens with one attached hydrogen (secondary N) is 1. The van der Waals surface area contributed by atoms with E-state index in [2.05, 4.69) is 31.0 Å². The molecule has 0 bridgehead atoms. The van der Waals surface area contributed by atoms with Crippen molar-refractivity contribution in [3.8, 4) is 0 Å². The maximum atomic E-state index is 5.24. The first kappa shape index (κ1) is 17.9. The third kappa shape index (κ3) is 6.11. The molecule has 1 aliphatic carbocycles. The zero-order valence-electron chi connectivity index (χ0n) is 14.2. The lowest BCUT2D eigenvalue weighted by Crippen LogP contribution is -2.46. The summed E-state index contributed by atoms with van der Waals surface area (Å²) in [5.41, 5.74) is 0.